The Kier molecular flexibility index (Phi) is 5.46. The fourth-order valence-corrected chi connectivity index (χ4v) is 2.18. The van der Waals surface area contributed by atoms with E-state index in [4.69, 9.17) is 0 Å². The van der Waals surface area contributed by atoms with Gasteiger partial charge in [0.1, 0.15) is 0 Å². The first-order valence-corrected chi connectivity index (χ1v) is 7.14. The summed E-state index contributed by atoms with van der Waals surface area (Å²) in [5.74, 6) is -0.0509. The van der Waals surface area contributed by atoms with Crippen LogP contribution in [0.1, 0.15) is 27.3 Å². The van der Waals surface area contributed by atoms with E-state index in [1.54, 1.807) is 0 Å². The quantitative estimate of drug-likeness (QED) is 0.853. The van der Waals surface area contributed by atoms with Crippen molar-refractivity contribution < 1.29 is 4.79 Å². The van der Waals surface area contributed by atoms with Gasteiger partial charge in [-0.1, -0.05) is 24.3 Å². The van der Waals surface area contributed by atoms with Crippen LogP contribution in [0.4, 0.5) is 0 Å². The van der Waals surface area contributed by atoms with Gasteiger partial charge < -0.3 is 10.6 Å². The zero-order valence-electron chi connectivity index (χ0n) is 12.5. The zero-order valence-corrected chi connectivity index (χ0v) is 12.5. The van der Waals surface area contributed by atoms with Crippen LogP contribution in [-0.4, -0.2) is 24.5 Å². The lowest BCUT2D eigenvalue weighted by atomic mass is 10.0. The van der Waals surface area contributed by atoms with Gasteiger partial charge in [-0.15, -0.1) is 0 Å². The predicted molar refractivity (Wildman–Crippen MR) is 84.2 cm³/mol. The highest BCUT2D eigenvalue weighted by molar-refractivity contribution is 5.95. The number of likely N-dealkylation sites (N-methyl/N-ethyl adjacent to an activating group) is 1. The lowest BCUT2D eigenvalue weighted by Gasteiger charge is -2.10. The molecular formula is C17H21N3O. The van der Waals surface area contributed by atoms with Gasteiger partial charge in [0.25, 0.3) is 5.91 Å². The molecule has 4 nitrogen and oxygen atoms in total. The first-order valence-electron chi connectivity index (χ1n) is 7.14. The minimum atomic E-state index is -0.0509. The highest BCUT2D eigenvalue weighted by Crippen LogP contribution is 2.09. The SMILES string of the molecule is CNCCc1ccccc1C(=O)NCc1cccc(C)n1. The molecule has 0 unspecified atom stereocenters. The zero-order chi connectivity index (χ0) is 15.1. The average molecular weight is 283 g/mol. The fourth-order valence-electron chi connectivity index (χ4n) is 2.18. The van der Waals surface area contributed by atoms with Gasteiger partial charge in [0.15, 0.2) is 0 Å². The van der Waals surface area contributed by atoms with Crippen LogP contribution in [-0.2, 0) is 13.0 Å². The van der Waals surface area contributed by atoms with Crippen LogP contribution in [0.5, 0.6) is 0 Å². The highest BCUT2D eigenvalue weighted by atomic mass is 16.1. The average Bonchev–Trinajstić information content (AvgIpc) is 2.51. The van der Waals surface area contributed by atoms with E-state index in [1.807, 2.05) is 56.4 Å². The molecule has 1 heterocycles. The number of rotatable bonds is 6. The lowest BCUT2D eigenvalue weighted by molar-refractivity contribution is 0.0949. The summed E-state index contributed by atoms with van der Waals surface area (Å²) < 4.78 is 0. The van der Waals surface area contributed by atoms with E-state index in [0.717, 1.165) is 35.5 Å². The first-order chi connectivity index (χ1) is 10.2. The van der Waals surface area contributed by atoms with E-state index in [9.17, 15) is 4.79 Å². The van der Waals surface area contributed by atoms with Crippen molar-refractivity contribution in [1.29, 1.82) is 0 Å². The van der Waals surface area contributed by atoms with Gasteiger partial charge >= 0.3 is 0 Å². The summed E-state index contributed by atoms with van der Waals surface area (Å²) in [6, 6.07) is 13.5. The standard InChI is InChI=1S/C17H21N3O/c1-13-6-5-8-15(20-13)12-19-17(21)16-9-4-3-7-14(16)10-11-18-2/h3-9,18H,10-12H2,1-2H3,(H,19,21). The molecule has 21 heavy (non-hydrogen) atoms. The molecule has 0 atom stereocenters. The number of hydrogen-bond donors (Lipinski definition) is 2. The molecule has 110 valence electrons. The monoisotopic (exact) mass is 283 g/mol. The summed E-state index contributed by atoms with van der Waals surface area (Å²) in [4.78, 5) is 16.7. The van der Waals surface area contributed by atoms with E-state index in [1.165, 1.54) is 0 Å². The maximum Gasteiger partial charge on any atom is 0.251 e. The van der Waals surface area contributed by atoms with E-state index in [0.29, 0.717) is 6.54 Å². The van der Waals surface area contributed by atoms with Crippen molar-refractivity contribution >= 4 is 5.91 Å². The van der Waals surface area contributed by atoms with Gasteiger partial charge in [0, 0.05) is 11.3 Å². The smallest absolute Gasteiger partial charge is 0.251 e. The summed E-state index contributed by atoms with van der Waals surface area (Å²) in [7, 11) is 1.91. The number of amides is 1. The number of carbonyl (C=O) groups is 1. The highest BCUT2D eigenvalue weighted by Gasteiger charge is 2.10. The van der Waals surface area contributed by atoms with Crippen LogP contribution in [0.15, 0.2) is 42.5 Å². The van der Waals surface area contributed by atoms with E-state index in [2.05, 4.69) is 15.6 Å². The van der Waals surface area contributed by atoms with Crippen LogP contribution < -0.4 is 10.6 Å². The van der Waals surface area contributed by atoms with Crippen LogP contribution in [0.25, 0.3) is 0 Å². The lowest BCUT2D eigenvalue weighted by Crippen LogP contribution is -2.25. The van der Waals surface area contributed by atoms with Gasteiger partial charge in [0.05, 0.1) is 12.2 Å². The second kappa shape index (κ2) is 7.55. The van der Waals surface area contributed by atoms with Crippen molar-refractivity contribution in [1.82, 2.24) is 15.6 Å². The van der Waals surface area contributed by atoms with Crippen molar-refractivity contribution in [3.63, 3.8) is 0 Å². The van der Waals surface area contributed by atoms with Crippen molar-refractivity contribution in [2.24, 2.45) is 0 Å². The molecule has 0 radical (unpaired) electrons. The maximum absolute atomic E-state index is 12.3. The Balaban J connectivity index is 2.03. The summed E-state index contributed by atoms with van der Waals surface area (Å²) >= 11 is 0. The molecule has 0 aliphatic carbocycles. The molecular weight excluding hydrogens is 262 g/mol. The van der Waals surface area contributed by atoms with Gasteiger partial charge in [-0.05, 0) is 50.7 Å². The normalized spacial score (nSPS) is 10.4. The number of nitrogens with zero attached hydrogens (tertiary/aromatic N) is 1. The van der Waals surface area contributed by atoms with Gasteiger partial charge in [-0.2, -0.15) is 0 Å². The number of hydrogen-bond acceptors (Lipinski definition) is 3. The first kappa shape index (κ1) is 15.2. The molecule has 1 aromatic heterocycles. The molecule has 2 N–H and O–H groups in total. The van der Waals surface area contributed by atoms with Gasteiger partial charge in [0.2, 0.25) is 0 Å². The molecule has 0 fully saturated rings. The third-order valence-electron chi connectivity index (χ3n) is 3.28. The van der Waals surface area contributed by atoms with Crippen LogP contribution in [0.3, 0.4) is 0 Å². The molecule has 0 saturated carbocycles. The Labute approximate surface area is 125 Å². The third-order valence-corrected chi connectivity index (χ3v) is 3.28. The van der Waals surface area contributed by atoms with E-state index in [-0.39, 0.29) is 5.91 Å². The van der Waals surface area contributed by atoms with Crippen molar-refractivity contribution in [3.05, 3.63) is 65.0 Å². The minimum absolute atomic E-state index is 0.0509. The second-order valence-electron chi connectivity index (χ2n) is 4.96. The van der Waals surface area contributed by atoms with Gasteiger partial charge in [-0.3, -0.25) is 9.78 Å². The number of benzene rings is 1. The van der Waals surface area contributed by atoms with Crippen molar-refractivity contribution in [3.8, 4) is 0 Å². The molecule has 2 rings (SSSR count). The van der Waals surface area contributed by atoms with Crippen molar-refractivity contribution in [2.45, 2.75) is 19.9 Å². The molecule has 0 saturated heterocycles. The number of carbonyl (C=O) groups excluding carboxylic acids is 1. The summed E-state index contributed by atoms with van der Waals surface area (Å²) in [5, 5.41) is 6.04. The minimum Gasteiger partial charge on any atom is -0.346 e. The molecule has 2 aromatic rings. The largest absolute Gasteiger partial charge is 0.346 e. The molecule has 0 spiro atoms. The fraction of sp³-hybridized carbons (Fsp3) is 0.294. The third kappa shape index (κ3) is 4.39. The molecule has 0 aliphatic rings. The number of pyridine rings is 1. The summed E-state index contributed by atoms with van der Waals surface area (Å²) in [6.45, 7) is 3.24. The Morgan fingerprint density at radius 1 is 1.14 bits per heavy atom. The molecule has 1 amide bonds. The van der Waals surface area contributed by atoms with Crippen molar-refractivity contribution in [2.75, 3.05) is 13.6 Å². The molecule has 0 bridgehead atoms. The Bertz CT molecular complexity index is 610. The number of nitrogens with one attached hydrogen (secondary N) is 2. The van der Waals surface area contributed by atoms with E-state index >= 15 is 0 Å². The molecule has 4 heteroatoms. The van der Waals surface area contributed by atoms with Crippen LogP contribution in [0.2, 0.25) is 0 Å². The van der Waals surface area contributed by atoms with Crippen LogP contribution in [0, 0.1) is 6.92 Å². The maximum atomic E-state index is 12.3. The Hall–Kier alpha value is -2.20. The Morgan fingerprint density at radius 3 is 2.71 bits per heavy atom. The summed E-state index contributed by atoms with van der Waals surface area (Å²) in [5.41, 5.74) is 3.62. The second-order valence-corrected chi connectivity index (χ2v) is 4.96. The Morgan fingerprint density at radius 2 is 1.95 bits per heavy atom. The predicted octanol–water partition coefficient (Wildman–Crippen LogP) is 2.08. The number of aryl methyl sites for hydroxylation is 1. The number of aromatic nitrogens is 1. The summed E-state index contributed by atoms with van der Waals surface area (Å²) in [6.07, 6.45) is 0.836. The van der Waals surface area contributed by atoms with Crippen LogP contribution >= 0.6 is 0 Å². The molecule has 0 aliphatic heterocycles. The molecule has 1 aromatic carbocycles. The topological polar surface area (TPSA) is 54.0 Å². The van der Waals surface area contributed by atoms with Gasteiger partial charge in [-0.25, -0.2) is 0 Å². The van der Waals surface area contributed by atoms with E-state index < -0.39 is 0 Å².